The van der Waals surface area contributed by atoms with Crippen LogP contribution in [-0.4, -0.2) is 0 Å². The fourth-order valence-corrected chi connectivity index (χ4v) is 1.26. The molecule has 12 heavy (non-hydrogen) atoms. The quantitative estimate of drug-likeness (QED) is 0.671. The lowest BCUT2D eigenvalue weighted by Gasteiger charge is -2.18. The summed E-state index contributed by atoms with van der Waals surface area (Å²) in [4.78, 5) is 0. The van der Waals surface area contributed by atoms with Crippen LogP contribution >= 0.6 is 0 Å². The fraction of sp³-hybridized carbons (Fsp3) is 0.273. The first-order chi connectivity index (χ1) is 5.81. The molecule has 0 saturated heterocycles. The molecule has 0 amide bonds. The molecule has 0 atom stereocenters. The van der Waals surface area contributed by atoms with Crippen LogP contribution in [0.5, 0.6) is 0 Å². The predicted octanol–water partition coefficient (Wildman–Crippen LogP) is 2.90. The average molecular weight is 161 g/mol. The Morgan fingerprint density at radius 3 is 2.75 bits per heavy atom. The van der Waals surface area contributed by atoms with Gasteiger partial charge in [0.15, 0.2) is 0 Å². The van der Waals surface area contributed by atoms with E-state index >= 15 is 0 Å². The van der Waals surface area contributed by atoms with Crippen LogP contribution in [0.3, 0.4) is 0 Å². The Morgan fingerprint density at radius 1 is 1.50 bits per heavy atom. The van der Waals surface area contributed by atoms with Crippen LogP contribution in [0.25, 0.3) is 0 Å². The molecule has 1 N–H and O–H groups in total. The molecule has 0 saturated carbocycles. The highest BCUT2D eigenvalue weighted by molar-refractivity contribution is 5.37. The minimum atomic E-state index is 0.973. The van der Waals surface area contributed by atoms with Crippen molar-refractivity contribution < 1.29 is 0 Å². The molecule has 1 nitrogen and oxygen atoms in total. The van der Waals surface area contributed by atoms with Crippen molar-refractivity contribution in [1.29, 1.82) is 0 Å². The van der Waals surface area contributed by atoms with Crippen molar-refractivity contribution in [2.75, 3.05) is 0 Å². The lowest BCUT2D eigenvalue weighted by atomic mass is 10.0. The highest BCUT2D eigenvalue weighted by atomic mass is 14.9. The maximum absolute atomic E-state index is 3.76. The molecule has 0 aromatic heterocycles. The minimum Gasteiger partial charge on any atom is -0.359 e. The van der Waals surface area contributed by atoms with Crippen molar-refractivity contribution in [2.24, 2.45) is 0 Å². The maximum atomic E-state index is 3.76. The second-order valence-corrected chi connectivity index (χ2v) is 2.76. The second kappa shape index (κ2) is 3.96. The van der Waals surface area contributed by atoms with Gasteiger partial charge in [-0.05, 0) is 24.5 Å². The van der Waals surface area contributed by atoms with Gasteiger partial charge < -0.3 is 5.32 Å². The van der Waals surface area contributed by atoms with E-state index in [-0.39, 0.29) is 0 Å². The second-order valence-electron chi connectivity index (χ2n) is 2.76. The van der Waals surface area contributed by atoms with Crippen LogP contribution in [0.1, 0.15) is 19.8 Å². The van der Waals surface area contributed by atoms with Gasteiger partial charge >= 0.3 is 0 Å². The van der Waals surface area contributed by atoms with Gasteiger partial charge in [0.1, 0.15) is 0 Å². The SMILES string of the molecule is C=CC1=C(C=C)NC(CC)=CC1. The average Bonchev–Trinajstić information content (AvgIpc) is 2.16. The molecule has 64 valence electrons. The zero-order chi connectivity index (χ0) is 8.97. The molecule has 0 aromatic carbocycles. The summed E-state index contributed by atoms with van der Waals surface area (Å²) in [5, 5.41) is 3.31. The molecule has 0 spiro atoms. The summed E-state index contributed by atoms with van der Waals surface area (Å²) in [5.41, 5.74) is 3.60. The fourth-order valence-electron chi connectivity index (χ4n) is 1.26. The van der Waals surface area contributed by atoms with E-state index in [1.54, 1.807) is 0 Å². The topological polar surface area (TPSA) is 12.0 Å². The van der Waals surface area contributed by atoms with Crippen molar-refractivity contribution in [3.8, 4) is 0 Å². The van der Waals surface area contributed by atoms with Gasteiger partial charge in [-0.1, -0.05) is 32.2 Å². The predicted molar refractivity (Wildman–Crippen MR) is 53.5 cm³/mol. The molecule has 1 rings (SSSR count). The van der Waals surface area contributed by atoms with Gasteiger partial charge in [0.25, 0.3) is 0 Å². The molecular formula is C11H15N. The lowest BCUT2D eigenvalue weighted by molar-refractivity contribution is 0.860. The van der Waals surface area contributed by atoms with Crippen LogP contribution in [0.15, 0.2) is 48.4 Å². The largest absolute Gasteiger partial charge is 0.359 e. The highest BCUT2D eigenvalue weighted by Crippen LogP contribution is 2.18. The van der Waals surface area contributed by atoms with Gasteiger partial charge in [0.2, 0.25) is 0 Å². The molecular weight excluding hydrogens is 146 g/mol. The number of hydrogen-bond donors (Lipinski definition) is 1. The number of allylic oxidation sites excluding steroid dienone is 5. The summed E-state index contributed by atoms with van der Waals surface area (Å²) in [7, 11) is 0. The molecule has 0 bridgehead atoms. The monoisotopic (exact) mass is 161 g/mol. The Kier molecular flexibility index (Phi) is 2.92. The minimum absolute atomic E-state index is 0.973. The zero-order valence-corrected chi connectivity index (χ0v) is 7.56. The Morgan fingerprint density at radius 2 is 2.25 bits per heavy atom. The van der Waals surface area contributed by atoms with E-state index in [1.165, 1.54) is 11.3 Å². The normalized spacial score (nSPS) is 16.6. The molecule has 0 aliphatic carbocycles. The smallest absolute Gasteiger partial charge is 0.0411 e. The number of dihydropyridines is 1. The van der Waals surface area contributed by atoms with E-state index in [2.05, 4.69) is 31.5 Å². The maximum Gasteiger partial charge on any atom is 0.0411 e. The van der Waals surface area contributed by atoms with Gasteiger partial charge in [0.05, 0.1) is 0 Å². The van der Waals surface area contributed by atoms with Crippen LogP contribution in [0.4, 0.5) is 0 Å². The van der Waals surface area contributed by atoms with E-state index in [0.29, 0.717) is 0 Å². The molecule has 1 aliphatic rings. The van der Waals surface area contributed by atoms with Crippen molar-refractivity contribution in [2.45, 2.75) is 19.8 Å². The first-order valence-corrected chi connectivity index (χ1v) is 4.25. The summed E-state index contributed by atoms with van der Waals surface area (Å²) < 4.78 is 0. The summed E-state index contributed by atoms with van der Waals surface area (Å²) in [5.74, 6) is 0. The summed E-state index contributed by atoms with van der Waals surface area (Å²) in [6.07, 6.45) is 7.94. The lowest BCUT2D eigenvalue weighted by Crippen LogP contribution is -2.16. The third-order valence-corrected chi connectivity index (χ3v) is 2.04. The van der Waals surface area contributed by atoms with E-state index in [0.717, 1.165) is 18.5 Å². The molecule has 0 radical (unpaired) electrons. The molecule has 0 unspecified atom stereocenters. The first-order valence-electron chi connectivity index (χ1n) is 4.25. The van der Waals surface area contributed by atoms with Crippen LogP contribution in [-0.2, 0) is 0 Å². The third kappa shape index (κ3) is 1.67. The summed E-state index contributed by atoms with van der Waals surface area (Å²) in [6.45, 7) is 9.65. The van der Waals surface area contributed by atoms with Gasteiger partial charge in [-0.15, -0.1) is 0 Å². The standard InChI is InChI=1S/C11H15N/c1-4-9-7-8-10(5-2)12-11(9)6-3/h4,6,8,12H,1,3,5,7H2,2H3. The molecule has 1 heteroatoms. The van der Waals surface area contributed by atoms with Crippen LogP contribution in [0, 0.1) is 0 Å². The van der Waals surface area contributed by atoms with Gasteiger partial charge in [-0.3, -0.25) is 0 Å². The Labute approximate surface area is 74.2 Å². The van der Waals surface area contributed by atoms with E-state index in [9.17, 15) is 0 Å². The Bertz CT molecular complexity index is 256. The van der Waals surface area contributed by atoms with Crippen molar-refractivity contribution in [3.63, 3.8) is 0 Å². The zero-order valence-electron chi connectivity index (χ0n) is 7.56. The Balaban J connectivity index is 2.82. The Hall–Kier alpha value is -1.24. The van der Waals surface area contributed by atoms with Crippen molar-refractivity contribution >= 4 is 0 Å². The molecule has 1 heterocycles. The number of rotatable bonds is 3. The van der Waals surface area contributed by atoms with Crippen molar-refractivity contribution in [1.82, 2.24) is 5.32 Å². The van der Waals surface area contributed by atoms with Crippen molar-refractivity contribution in [3.05, 3.63) is 48.4 Å². The molecule has 1 aliphatic heterocycles. The van der Waals surface area contributed by atoms with Gasteiger partial charge in [-0.25, -0.2) is 0 Å². The van der Waals surface area contributed by atoms with Crippen LogP contribution in [0.2, 0.25) is 0 Å². The van der Waals surface area contributed by atoms with Gasteiger partial charge in [-0.2, -0.15) is 0 Å². The third-order valence-electron chi connectivity index (χ3n) is 2.04. The van der Waals surface area contributed by atoms with E-state index in [4.69, 9.17) is 0 Å². The van der Waals surface area contributed by atoms with Crippen LogP contribution < -0.4 is 5.32 Å². The molecule has 0 aromatic rings. The van der Waals surface area contributed by atoms with E-state index < -0.39 is 0 Å². The molecule has 0 fully saturated rings. The number of nitrogens with one attached hydrogen (secondary N) is 1. The highest BCUT2D eigenvalue weighted by Gasteiger charge is 2.06. The van der Waals surface area contributed by atoms with Gasteiger partial charge in [0, 0.05) is 11.4 Å². The summed E-state index contributed by atoms with van der Waals surface area (Å²) >= 11 is 0. The van der Waals surface area contributed by atoms with E-state index in [1.807, 2.05) is 12.2 Å². The first kappa shape index (κ1) is 8.85. The summed E-state index contributed by atoms with van der Waals surface area (Å²) in [6, 6.07) is 0. The number of hydrogen-bond acceptors (Lipinski definition) is 1.